The monoisotopic (exact) mass is 268 g/mol. The summed E-state index contributed by atoms with van der Waals surface area (Å²) in [6.07, 6.45) is 0. The van der Waals surface area contributed by atoms with Gasteiger partial charge in [-0.05, 0) is 32.9 Å². The van der Waals surface area contributed by atoms with E-state index in [-0.39, 0.29) is 23.8 Å². The van der Waals surface area contributed by atoms with Crippen molar-refractivity contribution in [3.63, 3.8) is 0 Å². The predicted molar refractivity (Wildman–Crippen MR) is 69.6 cm³/mol. The van der Waals surface area contributed by atoms with E-state index in [1.807, 2.05) is 20.8 Å². The van der Waals surface area contributed by atoms with Gasteiger partial charge in [-0.15, -0.1) is 0 Å². The van der Waals surface area contributed by atoms with Gasteiger partial charge in [-0.1, -0.05) is 0 Å². The van der Waals surface area contributed by atoms with Crippen LogP contribution in [-0.4, -0.2) is 31.1 Å². The Hall–Kier alpha value is -1.82. The van der Waals surface area contributed by atoms with Gasteiger partial charge < -0.3 is 19.8 Å². The molecule has 0 aliphatic rings. The molecule has 0 spiro atoms. The Balaban J connectivity index is 2.35. The Morgan fingerprint density at radius 1 is 1.32 bits per heavy atom. The fourth-order valence-electron chi connectivity index (χ4n) is 1.44. The first-order chi connectivity index (χ1) is 8.81. The summed E-state index contributed by atoms with van der Waals surface area (Å²) in [5.74, 6) is 0.117. The zero-order valence-corrected chi connectivity index (χ0v) is 11.7. The van der Waals surface area contributed by atoms with Gasteiger partial charge in [0.1, 0.15) is 5.76 Å². The van der Waals surface area contributed by atoms with E-state index in [9.17, 15) is 9.59 Å². The van der Waals surface area contributed by atoms with Crippen molar-refractivity contribution in [2.24, 2.45) is 0 Å². The number of nitrogens with one attached hydrogen (secondary N) is 2. The Labute approximate surface area is 112 Å². The minimum Gasteiger partial charge on any atom is -0.463 e. The van der Waals surface area contributed by atoms with Crippen LogP contribution in [0.2, 0.25) is 0 Å². The summed E-state index contributed by atoms with van der Waals surface area (Å²) in [4.78, 5) is 22.7. The number of carbonyl (C=O) groups is 2. The molecule has 0 aliphatic carbocycles. The van der Waals surface area contributed by atoms with Crippen LogP contribution in [-0.2, 0) is 16.1 Å². The van der Waals surface area contributed by atoms with Crippen LogP contribution in [0.25, 0.3) is 0 Å². The molecule has 0 fully saturated rings. The fraction of sp³-hybridized carbons (Fsp3) is 0.538. The van der Waals surface area contributed by atoms with E-state index >= 15 is 0 Å². The van der Waals surface area contributed by atoms with E-state index in [1.165, 1.54) is 13.2 Å². The van der Waals surface area contributed by atoms with Crippen LogP contribution < -0.4 is 10.6 Å². The molecule has 0 radical (unpaired) electrons. The predicted octanol–water partition coefficient (Wildman–Crippen LogP) is 1.07. The molecule has 1 aromatic heterocycles. The highest BCUT2D eigenvalue weighted by Gasteiger charge is 2.14. The third-order valence-corrected chi connectivity index (χ3v) is 2.15. The SMILES string of the molecule is COC(=O)c1ccc(CNCC(=O)NC(C)(C)C)o1. The van der Waals surface area contributed by atoms with Gasteiger partial charge in [0.05, 0.1) is 20.2 Å². The van der Waals surface area contributed by atoms with Crippen LogP contribution in [0.3, 0.4) is 0 Å². The van der Waals surface area contributed by atoms with Gasteiger partial charge in [0.2, 0.25) is 11.7 Å². The minimum absolute atomic E-state index is 0.0905. The molecule has 1 aromatic rings. The van der Waals surface area contributed by atoms with Crippen molar-refractivity contribution in [3.8, 4) is 0 Å². The second kappa shape index (κ2) is 6.38. The largest absolute Gasteiger partial charge is 0.463 e. The van der Waals surface area contributed by atoms with Gasteiger partial charge >= 0.3 is 5.97 Å². The maximum absolute atomic E-state index is 11.5. The lowest BCUT2D eigenvalue weighted by molar-refractivity contribution is -0.121. The van der Waals surface area contributed by atoms with Crippen molar-refractivity contribution >= 4 is 11.9 Å². The second-order valence-electron chi connectivity index (χ2n) is 5.16. The first-order valence-electron chi connectivity index (χ1n) is 6.00. The molecule has 0 bridgehead atoms. The maximum Gasteiger partial charge on any atom is 0.373 e. The summed E-state index contributed by atoms with van der Waals surface area (Å²) >= 11 is 0. The third kappa shape index (κ3) is 5.56. The molecule has 0 saturated heterocycles. The number of hydrogen-bond acceptors (Lipinski definition) is 5. The van der Waals surface area contributed by atoms with Crippen LogP contribution in [0.5, 0.6) is 0 Å². The molecule has 6 heteroatoms. The maximum atomic E-state index is 11.5. The Kier molecular flexibility index (Phi) is 5.11. The van der Waals surface area contributed by atoms with Crippen molar-refractivity contribution < 1.29 is 18.7 Å². The normalized spacial score (nSPS) is 11.2. The number of hydrogen-bond donors (Lipinski definition) is 2. The summed E-state index contributed by atoms with van der Waals surface area (Å²) in [7, 11) is 1.29. The highest BCUT2D eigenvalue weighted by atomic mass is 16.5. The number of ether oxygens (including phenoxy) is 1. The first-order valence-corrected chi connectivity index (χ1v) is 6.00. The number of carbonyl (C=O) groups excluding carboxylic acids is 2. The standard InChI is InChI=1S/C13H20N2O4/c1-13(2,3)15-11(16)8-14-7-9-5-6-10(19-9)12(17)18-4/h5-6,14H,7-8H2,1-4H3,(H,15,16). The molecular formula is C13H20N2O4. The lowest BCUT2D eigenvalue weighted by Crippen LogP contribution is -2.44. The molecule has 0 atom stereocenters. The van der Waals surface area contributed by atoms with Crippen molar-refractivity contribution in [1.82, 2.24) is 10.6 Å². The summed E-state index contributed by atoms with van der Waals surface area (Å²) < 4.78 is 9.78. The molecule has 1 heterocycles. The topological polar surface area (TPSA) is 80.6 Å². The summed E-state index contributed by atoms with van der Waals surface area (Å²) in [5, 5.41) is 5.77. The average molecular weight is 268 g/mol. The second-order valence-corrected chi connectivity index (χ2v) is 5.16. The van der Waals surface area contributed by atoms with Gasteiger partial charge in [0.25, 0.3) is 0 Å². The van der Waals surface area contributed by atoms with E-state index < -0.39 is 5.97 Å². The van der Waals surface area contributed by atoms with Crippen LogP contribution in [0, 0.1) is 0 Å². The number of furan rings is 1. The van der Waals surface area contributed by atoms with Gasteiger partial charge in [0.15, 0.2) is 0 Å². The summed E-state index contributed by atoms with van der Waals surface area (Å²) in [6.45, 7) is 6.31. The molecule has 6 nitrogen and oxygen atoms in total. The third-order valence-electron chi connectivity index (χ3n) is 2.15. The number of esters is 1. The lowest BCUT2D eigenvalue weighted by atomic mass is 10.1. The molecular weight excluding hydrogens is 248 g/mol. The quantitative estimate of drug-likeness (QED) is 0.781. The van der Waals surface area contributed by atoms with Gasteiger partial charge in [0, 0.05) is 5.54 Å². The van der Waals surface area contributed by atoms with Crippen LogP contribution >= 0.6 is 0 Å². The first kappa shape index (κ1) is 15.2. The van der Waals surface area contributed by atoms with E-state index in [2.05, 4.69) is 15.4 Å². The van der Waals surface area contributed by atoms with Crippen LogP contribution in [0.4, 0.5) is 0 Å². The molecule has 0 aromatic carbocycles. The molecule has 0 saturated carbocycles. The lowest BCUT2D eigenvalue weighted by Gasteiger charge is -2.20. The minimum atomic E-state index is -0.517. The zero-order chi connectivity index (χ0) is 14.5. The van der Waals surface area contributed by atoms with E-state index in [0.29, 0.717) is 12.3 Å². The number of rotatable bonds is 5. The molecule has 0 aliphatic heterocycles. The molecule has 2 N–H and O–H groups in total. The zero-order valence-electron chi connectivity index (χ0n) is 11.7. The Morgan fingerprint density at radius 3 is 2.58 bits per heavy atom. The highest BCUT2D eigenvalue weighted by molar-refractivity contribution is 5.86. The van der Waals surface area contributed by atoms with Gasteiger partial charge in [-0.2, -0.15) is 0 Å². The van der Waals surface area contributed by atoms with E-state index in [0.717, 1.165) is 0 Å². The summed E-state index contributed by atoms with van der Waals surface area (Å²) in [5.41, 5.74) is -0.249. The smallest absolute Gasteiger partial charge is 0.373 e. The Morgan fingerprint density at radius 2 is 2.00 bits per heavy atom. The van der Waals surface area contributed by atoms with Crippen molar-refractivity contribution in [1.29, 1.82) is 0 Å². The van der Waals surface area contributed by atoms with Crippen molar-refractivity contribution in [2.75, 3.05) is 13.7 Å². The summed E-state index contributed by atoms with van der Waals surface area (Å²) in [6, 6.07) is 3.21. The molecule has 1 rings (SSSR count). The fourth-order valence-corrected chi connectivity index (χ4v) is 1.44. The molecule has 0 unspecified atom stereocenters. The molecule has 19 heavy (non-hydrogen) atoms. The van der Waals surface area contributed by atoms with Crippen LogP contribution in [0.15, 0.2) is 16.5 Å². The van der Waals surface area contributed by atoms with Gasteiger partial charge in [-0.3, -0.25) is 4.79 Å². The van der Waals surface area contributed by atoms with E-state index in [1.54, 1.807) is 6.07 Å². The van der Waals surface area contributed by atoms with Crippen LogP contribution in [0.1, 0.15) is 37.1 Å². The van der Waals surface area contributed by atoms with Crippen molar-refractivity contribution in [2.45, 2.75) is 32.9 Å². The number of amides is 1. The highest BCUT2D eigenvalue weighted by Crippen LogP contribution is 2.08. The number of methoxy groups -OCH3 is 1. The van der Waals surface area contributed by atoms with Gasteiger partial charge in [-0.25, -0.2) is 4.79 Å². The van der Waals surface area contributed by atoms with Crippen molar-refractivity contribution in [3.05, 3.63) is 23.7 Å². The molecule has 106 valence electrons. The van der Waals surface area contributed by atoms with E-state index in [4.69, 9.17) is 4.42 Å². The average Bonchev–Trinajstić information content (AvgIpc) is 2.74. The Bertz CT molecular complexity index is 446. The molecule has 1 amide bonds.